The Hall–Kier alpha value is -0.135. The average molecular weight is 416 g/mol. The lowest BCUT2D eigenvalue weighted by Gasteiger charge is -2.39. The molecule has 0 aliphatic rings. The Balaban J connectivity index is 4.99. The number of hydrogen-bond acceptors (Lipinski definition) is 5. The molecule has 0 radical (unpaired) electrons. The lowest BCUT2D eigenvalue weighted by atomic mass is 9.80. The van der Waals surface area contributed by atoms with Gasteiger partial charge >= 0.3 is 0 Å². The second-order valence-electron chi connectivity index (χ2n) is 9.99. The molecule has 0 rings (SSSR count). The summed E-state index contributed by atoms with van der Waals surface area (Å²) in [4.78, 5) is 0. The van der Waals surface area contributed by atoms with Crippen LogP contribution in [0.4, 0.5) is 0 Å². The molecule has 5 nitrogen and oxygen atoms in total. The van der Waals surface area contributed by atoms with Gasteiger partial charge < -0.3 is 23.7 Å². The molecule has 6 heteroatoms. The average Bonchev–Trinajstić information content (AvgIpc) is 2.58. The number of hydrogen-bond donors (Lipinski definition) is 0. The topological polar surface area (TPSA) is 46.2 Å². The quantitative estimate of drug-likeness (QED) is 0.350. The largest absolute Gasteiger partial charge is 0.382 e. The van der Waals surface area contributed by atoms with Gasteiger partial charge in [0.05, 0.1) is 42.7 Å². The van der Waals surface area contributed by atoms with Crippen molar-refractivity contribution in [3.63, 3.8) is 0 Å². The highest BCUT2D eigenvalue weighted by Crippen LogP contribution is 2.28. The van der Waals surface area contributed by atoms with Gasteiger partial charge in [0.2, 0.25) is 0 Å². The Morgan fingerprint density at radius 3 is 1.90 bits per heavy atom. The first kappa shape index (κ1) is 28.9. The first-order valence-electron chi connectivity index (χ1n) is 11.3. The summed E-state index contributed by atoms with van der Waals surface area (Å²) in [6, 6.07) is 0. The van der Waals surface area contributed by atoms with Crippen LogP contribution in [0.5, 0.6) is 0 Å². The maximum absolute atomic E-state index is 6.53. The van der Waals surface area contributed by atoms with Crippen LogP contribution < -0.4 is 0 Å². The molecule has 0 saturated heterocycles. The molecule has 0 aromatic rings. The van der Waals surface area contributed by atoms with E-state index in [0.29, 0.717) is 13.2 Å². The molecule has 0 amide bonds. The van der Waals surface area contributed by atoms with E-state index in [1.165, 1.54) is 0 Å². The van der Waals surface area contributed by atoms with Gasteiger partial charge in [0, 0.05) is 19.0 Å². The minimum absolute atomic E-state index is 0.0204. The van der Waals surface area contributed by atoms with Gasteiger partial charge in [0.1, 0.15) is 14.0 Å². The van der Waals surface area contributed by atoms with E-state index in [1.807, 2.05) is 13.8 Å². The monoisotopic (exact) mass is 416 g/mol. The zero-order valence-electron chi connectivity index (χ0n) is 21.4. The highest BCUT2D eigenvalue weighted by molar-refractivity contribution is 6.14. The van der Waals surface area contributed by atoms with Crippen LogP contribution in [0.2, 0.25) is 0 Å². The summed E-state index contributed by atoms with van der Waals surface area (Å²) in [5.41, 5.74) is -0.844. The molecule has 5 unspecified atom stereocenters. The molecule has 0 aromatic heterocycles. The van der Waals surface area contributed by atoms with Crippen LogP contribution >= 0.6 is 0 Å². The molecule has 0 aliphatic heterocycles. The Morgan fingerprint density at radius 2 is 1.45 bits per heavy atom. The Morgan fingerprint density at radius 1 is 0.862 bits per heavy atom. The van der Waals surface area contributed by atoms with Gasteiger partial charge in [-0.05, 0) is 68.2 Å². The van der Waals surface area contributed by atoms with Crippen molar-refractivity contribution in [3.05, 3.63) is 0 Å². The van der Waals surface area contributed by atoms with Gasteiger partial charge in [0.15, 0.2) is 0 Å². The maximum atomic E-state index is 6.53. The van der Waals surface area contributed by atoms with Crippen LogP contribution in [0.3, 0.4) is 0 Å². The SMILES string of the molecule is BC(C)(CC)OC(C)CC(C)(CC)OC(COC)COC(C)(C)C(C)OC(C)C. The Bertz CT molecular complexity index is 441. The fourth-order valence-electron chi connectivity index (χ4n) is 3.26. The summed E-state index contributed by atoms with van der Waals surface area (Å²) in [5.74, 6) is 0. The fraction of sp³-hybridized carbons (Fsp3) is 1.00. The standard InChI is InChI=1S/C23H49BO5/c1-12-22(9,14-18(5)28-23(10,24)13-2)29-20(15-25-11)16-26-21(7,8)19(6)27-17(3)4/h17-20H,12-16,24H2,1-11H3. The van der Waals surface area contributed by atoms with E-state index in [2.05, 4.69) is 63.2 Å². The molecule has 0 aromatic carbocycles. The van der Waals surface area contributed by atoms with Crippen molar-refractivity contribution in [2.45, 2.75) is 130 Å². The molecule has 0 saturated carbocycles. The highest BCUT2D eigenvalue weighted by Gasteiger charge is 2.34. The van der Waals surface area contributed by atoms with Crippen molar-refractivity contribution in [1.82, 2.24) is 0 Å². The third kappa shape index (κ3) is 11.7. The lowest BCUT2D eigenvalue weighted by Crippen LogP contribution is -2.45. The molecule has 5 atom stereocenters. The molecule has 174 valence electrons. The molecule has 29 heavy (non-hydrogen) atoms. The molecule has 0 N–H and O–H groups in total. The van der Waals surface area contributed by atoms with E-state index in [4.69, 9.17) is 23.7 Å². The summed E-state index contributed by atoms with van der Waals surface area (Å²) in [7, 11) is 3.84. The number of rotatable bonds is 16. The van der Waals surface area contributed by atoms with Crippen molar-refractivity contribution in [1.29, 1.82) is 0 Å². The third-order valence-electron chi connectivity index (χ3n) is 5.74. The molecule has 0 bridgehead atoms. The zero-order chi connectivity index (χ0) is 22.9. The summed E-state index contributed by atoms with van der Waals surface area (Å²) < 4.78 is 30.4. The molecule has 0 spiro atoms. The number of methoxy groups -OCH3 is 1. The maximum Gasteiger partial charge on any atom is 0.142 e. The predicted octanol–water partition coefficient (Wildman–Crippen LogP) is 4.35. The molecular formula is C23H49BO5. The van der Waals surface area contributed by atoms with Crippen molar-refractivity contribution < 1.29 is 23.7 Å². The van der Waals surface area contributed by atoms with E-state index in [9.17, 15) is 0 Å². The van der Waals surface area contributed by atoms with E-state index < -0.39 is 5.60 Å². The second-order valence-corrected chi connectivity index (χ2v) is 9.99. The van der Waals surface area contributed by atoms with Crippen LogP contribution in [0, 0.1) is 0 Å². The van der Waals surface area contributed by atoms with Gasteiger partial charge in [0.25, 0.3) is 0 Å². The van der Waals surface area contributed by atoms with Crippen molar-refractivity contribution in [2.75, 3.05) is 20.3 Å². The summed E-state index contributed by atoms with van der Waals surface area (Å²) in [6.07, 6.45) is 2.79. The summed E-state index contributed by atoms with van der Waals surface area (Å²) >= 11 is 0. The Labute approximate surface area is 181 Å². The van der Waals surface area contributed by atoms with Crippen LogP contribution in [0.1, 0.15) is 88.5 Å². The van der Waals surface area contributed by atoms with Crippen LogP contribution in [0.25, 0.3) is 0 Å². The van der Waals surface area contributed by atoms with Gasteiger partial charge in [-0.15, -0.1) is 0 Å². The zero-order valence-corrected chi connectivity index (χ0v) is 21.4. The minimum Gasteiger partial charge on any atom is -0.382 e. The normalized spacial score (nSPS) is 20.1. The molecular weight excluding hydrogens is 367 g/mol. The van der Waals surface area contributed by atoms with Crippen LogP contribution in [-0.4, -0.2) is 69.3 Å². The van der Waals surface area contributed by atoms with E-state index in [0.717, 1.165) is 19.3 Å². The Kier molecular flexibility index (Phi) is 12.6. The van der Waals surface area contributed by atoms with Crippen molar-refractivity contribution in [2.24, 2.45) is 0 Å². The van der Waals surface area contributed by atoms with Gasteiger partial charge in [-0.25, -0.2) is 0 Å². The fourth-order valence-corrected chi connectivity index (χ4v) is 3.26. The minimum atomic E-state index is -0.413. The molecule has 0 heterocycles. The van der Waals surface area contributed by atoms with Crippen LogP contribution in [0.15, 0.2) is 0 Å². The lowest BCUT2D eigenvalue weighted by molar-refractivity contribution is -0.189. The van der Waals surface area contributed by atoms with E-state index in [1.54, 1.807) is 7.11 Å². The second kappa shape index (κ2) is 12.7. The van der Waals surface area contributed by atoms with Crippen LogP contribution in [-0.2, 0) is 23.7 Å². The van der Waals surface area contributed by atoms with Gasteiger partial charge in [-0.2, -0.15) is 0 Å². The third-order valence-corrected chi connectivity index (χ3v) is 5.74. The smallest absolute Gasteiger partial charge is 0.142 e. The van der Waals surface area contributed by atoms with Crippen molar-refractivity contribution >= 4 is 7.85 Å². The van der Waals surface area contributed by atoms with Gasteiger partial charge in [-0.1, -0.05) is 13.8 Å². The first-order valence-corrected chi connectivity index (χ1v) is 11.3. The molecule has 0 aliphatic carbocycles. The number of ether oxygens (including phenoxy) is 5. The van der Waals surface area contributed by atoms with Crippen molar-refractivity contribution in [3.8, 4) is 0 Å². The van der Waals surface area contributed by atoms with Gasteiger partial charge in [-0.3, -0.25) is 0 Å². The summed E-state index contributed by atoms with van der Waals surface area (Å²) in [5, 5.41) is 0. The first-order chi connectivity index (χ1) is 13.2. The summed E-state index contributed by atoms with van der Waals surface area (Å²) in [6.45, 7) is 21.9. The van der Waals surface area contributed by atoms with E-state index in [-0.39, 0.29) is 35.5 Å². The molecule has 0 fully saturated rings. The highest BCUT2D eigenvalue weighted by atomic mass is 16.6. The van der Waals surface area contributed by atoms with E-state index >= 15 is 0 Å². The predicted molar refractivity (Wildman–Crippen MR) is 124 cm³/mol.